The molecule has 3 N–H and O–H groups in total. The van der Waals surface area contributed by atoms with Crippen LogP contribution in [0.2, 0.25) is 0 Å². The number of ether oxygens (including phenoxy) is 1. The fraction of sp³-hybridized carbons (Fsp3) is 0.611. The molecular formula is C18H26N2O3. The quantitative estimate of drug-likeness (QED) is 0.673. The second kappa shape index (κ2) is 7.79. The highest BCUT2D eigenvalue weighted by molar-refractivity contribution is 5.74. The van der Waals surface area contributed by atoms with E-state index in [2.05, 4.69) is 10.6 Å². The molecule has 2 amide bonds. The van der Waals surface area contributed by atoms with Crippen LogP contribution in [0.5, 0.6) is 0 Å². The summed E-state index contributed by atoms with van der Waals surface area (Å²) in [5.74, 6) is 1.36. The second-order valence-electron chi connectivity index (χ2n) is 6.64. The zero-order valence-corrected chi connectivity index (χ0v) is 13.4. The highest BCUT2D eigenvalue weighted by Crippen LogP contribution is 2.48. The Morgan fingerprint density at radius 3 is 2.78 bits per heavy atom. The Labute approximate surface area is 137 Å². The van der Waals surface area contributed by atoms with Crippen LogP contribution in [0.15, 0.2) is 30.3 Å². The smallest absolute Gasteiger partial charge is 0.315 e. The van der Waals surface area contributed by atoms with E-state index in [1.54, 1.807) is 0 Å². The lowest BCUT2D eigenvalue weighted by atomic mass is 9.85. The summed E-state index contributed by atoms with van der Waals surface area (Å²) in [4.78, 5) is 12.0. The van der Waals surface area contributed by atoms with Crippen molar-refractivity contribution >= 4 is 6.03 Å². The van der Waals surface area contributed by atoms with Crippen LogP contribution >= 0.6 is 0 Å². The maximum absolute atomic E-state index is 12.0. The Hall–Kier alpha value is -1.59. The monoisotopic (exact) mass is 318 g/mol. The molecule has 4 unspecified atom stereocenters. The first-order valence-electron chi connectivity index (χ1n) is 8.55. The second-order valence-corrected chi connectivity index (χ2v) is 6.64. The number of nitrogens with one attached hydrogen (secondary N) is 2. The van der Waals surface area contributed by atoms with Gasteiger partial charge in [0.2, 0.25) is 0 Å². The van der Waals surface area contributed by atoms with Crippen molar-refractivity contribution in [3.63, 3.8) is 0 Å². The molecule has 0 aromatic heterocycles. The van der Waals surface area contributed by atoms with Crippen LogP contribution in [-0.4, -0.2) is 36.9 Å². The lowest BCUT2D eigenvalue weighted by Gasteiger charge is -2.30. The molecule has 0 saturated heterocycles. The summed E-state index contributed by atoms with van der Waals surface area (Å²) in [6.45, 7) is 1.71. The van der Waals surface area contributed by atoms with Crippen LogP contribution in [-0.2, 0) is 11.3 Å². The first-order valence-corrected chi connectivity index (χ1v) is 8.55. The van der Waals surface area contributed by atoms with Crippen molar-refractivity contribution in [1.82, 2.24) is 10.6 Å². The SMILES string of the molecule is O=C(NCCOCc1ccccc1)NC1C2CCC(C2)C1CO. The van der Waals surface area contributed by atoms with Crippen LogP contribution in [0.3, 0.4) is 0 Å². The van der Waals surface area contributed by atoms with E-state index >= 15 is 0 Å². The molecule has 2 saturated carbocycles. The number of hydrogen-bond acceptors (Lipinski definition) is 3. The Morgan fingerprint density at radius 1 is 1.22 bits per heavy atom. The average Bonchev–Trinajstić information content (AvgIpc) is 3.16. The van der Waals surface area contributed by atoms with Gasteiger partial charge in [0.05, 0.1) is 13.2 Å². The Kier molecular flexibility index (Phi) is 5.51. The maximum Gasteiger partial charge on any atom is 0.315 e. The van der Waals surface area contributed by atoms with Crippen molar-refractivity contribution in [2.45, 2.75) is 31.9 Å². The third kappa shape index (κ3) is 4.03. The third-order valence-electron chi connectivity index (χ3n) is 5.24. The molecule has 2 fully saturated rings. The molecule has 3 rings (SSSR count). The highest BCUT2D eigenvalue weighted by Gasteiger charge is 2.47. The number of aliphatic hydroxyl groups excluding tert-OH is 1. The minimum Gasteiger partial charge on any atom is -0.396 e. The fourth-order valence-corrected chi connectivity index (χ4v) is 4.10. The zero-order chi connectivity index (χ0) is 16.1. The molecule has 23 heavy (non-hydrogen) atoms. The topological polar surface area (TPSA) is 70.6 Å². The van der Waals surface area contributed by atoms with Gasteiger partial charge in [-0.25, -0.2) is 4.79 Å². The molecule has 5 heteroatoms. The van der Waals surface area contributed by atoms with Crippen LogP contribution in [0.4, 0.5) is 4.79 Å². The Balaban J connectivity index is 1.32. The maximum atomic E-state index is 12.0. The number of fused-ring (bicyclic) bond motifs is 2. The molecule has 4 atom stereocenters. The van der Waals surface area contributed by atoms with Gasteiger partial charge in [0.1, 0.15) is 0 Å². The number of rotatable bonds is 7. The van der Waals surface area contributed by atoms with E-state index in [1.165, 1.54) is 12.8 Å². The number of carbonyl (C=O) groups excluding carboxylic acids is 1. The number of amides is 2. The summed E-state index contributed by atoms with van der Waals surface area (Å²) in [7, 11) is 0. The molecule has 1 aromatic carbocycles. The first-order chi connectivity index (χ1) is 11.3. The summed E-state index contributed by atoms with van der Waals surface area (Å²) in [6.07, 6.45) is 3.52. The van der Waals surface area contributed by atoms with E-state index in [0.717, 1.165) is 12.0 Å². The van der Waals surface area contributed by atoms with Crippen molar-refractivity contribution in [3.05, 3.63) is 35.9 Å². The molecule has 0 radical (unpaired) electrons. The fourth-order valence-electron chi connectivity index (χ4n) is 4.10. The predicted octanol–water partition coefficient (Wildman–Crippen LogP) is 1.91. The minimum absolute atomic E-state index is 0.129. The van der Waals surface area contributed by atoms with Crippen molar-refractivity contribution in [3.8, 4) is 0 Å². The van der Waals surface area contributed by atoms with Gasteiger partial charge in [-0.2, -0.15) is 0 Å². The molecule has 5 nitrogen and oxygen atoms in total. The highest BCUT2D eigenvalue weighted by atomic mass is 16.5. The number of benzene rings is 1. The summed E-state index contributed by atoms with van der Waals surface area (Å²) in [5.41, 5.74) is 1.13. The van der Waals surface area contributed by atoms with Crippen LogP contribution < -0.4 is 10.6 Å². The van der Waals surface area contributed by atoms with Gasteiger partial charge in [0.15, 0.2) is 0 Å². The van der Waals surface area contributed by atoms with Gasteiger partial charge in [0.25, 0.3) is 0 Å². The average molecular weight is 318 g/mol. The summed E-state index contributed by atoms with van der Waals surface area (Å²) >= 11 is 0. The van der Waals surface area contributed by atoms with Gasteiger partial charge in [0, 0.05) is 25.1 Å². The number of aliphatic hydroxyl groups is 1. The first kappa shape index (κ1) is 16.3. The third-order valence-corrected chi connectivity index (χ3v) is 5.24. The van der Waals surface area contributed by atoms with E-state index in [-0.39, 0.29) is 24.6 Å². The number of carbonyl (C=O) groups is 1. The molecule has 2 aliphatic rings. The zero-order valence-electron chi connectivity index (χ0n) is 13.4. The Bertz CT molecular complexity index is 508. The van der Waals surface area contributed by atoms with E-state index in [0.29, 0.717) is 31.6 Å². The van der Waals surface area contributed by atoms with Crippen LogP contribution in [0.25, 0.3) is 0 Å². The van der Waals surface area contributed by atoms with Crippen LogP contribution in [0, 0.1) is 17.8 Å². The number of hydrogen-bond donors (Lipinski definition) is 3. The van der Waals surface area contributed by atoms with Gasteiger partial charge in [-0.3, -0.25) is 0 Å². The molecule has 1 aromatic rings. The van der Waals surface area contributed by atoms with Gasteiger partial charge < -0.3 is 20.5 Å². The van der Waals surface area contributed by atoms with E-state index in [4.69, 9.17) is 4.74 Å². The molecule has 2 bridgehead atoms. The van der Waals surface area contributed by atoms with Gasteiger partial charge in [-0.15, -0.1) is 0 Å². The summed E-state index contributed by atoms with van der Waals surface area (Å²) in [5, 5.41) is 15.4. The van der Waals surface area contributed by atoms with E-state index < -0.39 is 0 Å². The summed E-state index contributed by atoms with van der Waals surface area (Å²) in [6, 6.07) is 9.96. The van der Waals surface area contributed by atoms with Crippen molar-refractivity contribution in [2.24, 2.45) is 17.8 Å². The molecule has 0 heterocycles. The van der Waals surface area contributed by atoms with Gasteiger partial charge >= 0.3 is 6.03 Å². The van der Waals surface area contributed by atoms with Crippen LogP contribution in [0.1, 0.15) is 24.8 Å². The molecule has 0 aliphatic heterocycles. The van der Waals surface area contributed by atoms with Crippen molar-refractivity contribution in [1.29, 1.82) is 0 Å². The lowest BCUT2D eigenvalue weighted by molar-refractivity contribution is 0.121. The summed E-state index contributed by atoms with van der Waals surface area (Å²) < 4.78 is 5.55. The normalized spacial score (nSPS) is 28.7. The molecule has 126 valence electrons. The predicted molar refractivity (Wildman–Crippen MR) is 87.8 cm³/mol. The Morgan fingerprint density at radius 2 is 2.00 bits per heavy atom. The lowest BCUT2D eigenvalue weighted by Crippen LogP contribution is -2.49. The van der Waals surface area contributed by atoms with Crippen molar-refractivity contribution in [2.75, 3.05) is 19.8 Å². The standard InChI is InChI=1S/C18H26N2O3/c21-11-16-14-6-7-15(10-14)17(16)20-18(22)19-8-9-23-12-13-4-2-1-3-5-13/h1-5,14-17,21H,6-12H2,(H2,19,20,22). The van der Waals surface area contributed by atoms with Gasteiger partial charge in [-0.1, -0.05) is 30.3 Å². The molecule has 0 spiro atoms. The largest absolute Gasteiger partial charge is 0.396 e. The molecular weight excluding hydrogens is 292 g/mol. The van der Waals surface area contributed by atoms with E-state index in [1.807, 2.05) is 30.3 Å². The molecule has 2 aliphatic carbocycles. The number of urea groups is 1. The van der Waals surface area contributed by atoms with Crippen molar-refractivity contribution < 1.29 is 14.6 Å². The van der Waals surface area contributed by atoms with Gasteiger partial charge in [-0.05, 0) is 36.7 Å². The minimum atomic E-state index is -0.149. The van der Waals surface area contributed by atoms with E-state index in [9.17, 15) is 9.90 Å².